The van der Waals surface area contributed by atoms with E-state index in [-0.39, 0.29) is 6.61 Å². The third kappa shape index (κ3) is 3.24. The molecule has 138 valence electrons. The van der Waals surface area contributed by atoms with E-state index in [9.17, 15) is 5.11 Å². The summed E-state index contributed by atoms with van der Waals surface area (Å²) in [5, 5.41) is 9.45. The molecule has 4 heteroatoms. The number of methoxy groups -OCH3 is 1. The van der Waals surface area contributed by atoms with Crippen molar-refractivity contribution in [3.05, 3.63) is 65.7 Å². The summed E-state index contributed by atoms with van der Waals surface area (Å²) < 4.78 is 16.8. The number of aliphatic hydroxyl groups is 1. The molecular formula is C23H22O4. The molecule has 3 aromatic rings. The van der Waals surface area contributed by atoms with Crippen molar-refractivity contribution in [2.24, 2.45) is 0 Å². The van der Waals surface area contributed by atoms with Gasteiger partial charge in [-0.2, -0.15) is 0 Å². The van der Waals surface area contributed by atoms with Gasteiger partial charge in [0.05, 0.1) is 13.7 Å². The summed E-state index contributed by atoms with van der Waals surface area (Å²) in [4.78, 5) is 0. The van der Waals surface area contributed by atoms with Gasteiger partial charge in [-0.25, -0.2) is 0 Å². The largest absolute Gasteiger partial charge is 0.496 e. The summed E-state index contributed by atoms with van der Waals surface area (Å²) in [6, 6.07) is 18.2. The van der Waals surface area contributed by atoms with Gasteiger partial charge in [0.1, 0.15) is 19.0 Å². The van der Waals surface area contributed by atoms with E-state index in [1.807, 2.05) is 30.3 Å². The zero-order valence-corrected chi connectivity index (χ0v) is 15.5. The van der Waals surface area contributed by atoms with Crippen LogP contribution < -0.4 is 14.2 Å². The molecule has 0 bridgehead atoms. The van der Waals surface area contributed by atoms with Crippen molar-refractivity contribution < 1.29 is 19.3 Å². The molecular weight excluding hydrogens is 340 g/mol. The van der Waals surface area contributed by atoms with Gasteiger partial charge < -0.3 is 19.3 Å². The Morgan fingerprint density at radius 2 is 1.56 bits per heavy atom. The third-order valence-electron chi connectivity index (χ3n) is 4.96. The highest BCUT2D eigenvalue weighted by Gasteiger charge is 2.15. The fourth-order valence-corrected chi connectivity index (χ4v) is 3.51. The molecule has 1 aliphatic heterocycles. The van der Waals surface area contributed by atoms with E-state index in [2.05, 4.69) is 31.2 Å². The van der Waals surface area contributed by atoms with Crippen LogP contribution in [0.15, 0.2) is 54.6 Å². The van der Waals surface area contributed by atoms with Crippen LogP contribution in [0.3, 0.4) is 0 Å². The lowest BCUT2D eigenvalue weighted by atomic mass is 9.92. The van der Waals surface area contributed by atoms with Gasteiger partial charge in [-0.15, -0.1) is 0 Å². The Balaban J connectivity index is 1.78. The number of hydrogen-bond acceptors (Lipinski definition) is 4. The fraction of sp³-hybridized carbons (Fsp3) is 0.217. The summed E-state index contributed by atoms with van der Waals surface area (Å²) in [5.74, 6) is 2.28. The monoisotopic (exact) mass is 362 g/mol. The van der Waals surface area contributed by atoms with Crippen molar-refractivity contribution in [3.63, 3.8) is 0 Å². The highest BCUT2D eigenvalue weighted by atomic mass is 16.6. The standard InChI is InChI=1S/C23H22O4/c1-15-19(16-6-7-18(14-24)22(12-16)25-2)4-3-5-20(15)17-8-9-21-23(13-17)27-11-10-26-21/h3-9,12-13,24H,10-11,14H2,1-2H3. The summed E-state index contributed by atoms with van der Waals surface area (Å²) in [7, 11) is 1.62. The SMILES string of the molecule is COc1cc(-c2cccc(-c3ccc4c(c3)OCCO4)c2C)ccc1CO. The fourth-order valence-electron chi connectivity index (χ4n) is 3.51. The molecule has 0 atom stereocenters. The van der Waals surface area contributed by atoms with E-state index in [0.29, 0.717) is 19.0 Å². The molecule has 1 aliphatic rings. The van der Waals surface area contributed by atoms with Gasteiger partial charge in [0, 0.05) is 5.56 Å². The summed E-state index contributed by atoms with van der Waals surface area (Å²) in [5.41, 5.74) is 6.38. The molecule has 0 radical (unpaired) electrons. The van der Waals surface area contributed by atoms with Crippen molar-refractivity contribution in [2.45, 2.75) is 13.5 Å². The molecule has 1 N–H and O–H groups in total. The minimum absolute atomic E-state index is 0.0420. The van der Waals surface area contributed by atoms with Crippen LogP contribution in [0.5, 0.6) is 17.2 Å². The van der Waals surface area contributed by atoms with Gasteiger partial charge in [-0.05, 0) is 52.9 Å². The second-order valence-electron chi connectivity index (χ2n) is 6.52. The van der Waals surface area contributed by atoms with Crippen LogP contribution in [0.25, 0.3) is 22.3 Å². The quantitative estimate of drug-likeness (QED) is 0.737. The molecule has 3 aromatic carbocycles. The molecule has 1 heterocycles. The van der Waals surface area contributed by atoms with Crippen LogP contribution in [0.1, 0.15) is 11.1 Å². The number of fused-ring (bicyclic) bond motifs is 1. The van der Waals surface area contributed by atoms with Crippen molar-refractivity contribution in [1.29, 1.82) is 0 Å². The van der Waals surface area contributed by atoms with Crippen LogP contribution >= 0.6 is 0 Å². The van der Waals surface area contributed by atoms with Crippen molar-refractivity contribution in [1.82, 2.24) is 0 Å². The molecule has 0 fully saturated rings. The zero-order valence-electron chi connectivity index (χ0n) is 15.5. The summed E-state index contributed by atoms with van der Waals surface area (Å²) >= 11 is 0. The minimum atomic E-state index is -0.0420. The highest BCUT2D eigenvalue weighted by molar-refractivity contribution is 5.80. The first-order valence-electron chi connectivity index (χ1n) is 8.99. The summed E-state index contributed by atoms with van der Waals surface area (Å²) in [6.45, 7) is 3.24. The first-order chi connectivity index (χ1) is 13.2. The maximum atomic E-state index is 9.45. The van der Waals surface area contributed by atoms with Crippen LogP contribution in [0.4, 0.5) is 0 Å². The molecule has 0 saturated heterocycles. The minimum Gasteiger partial charge on any atom is -0.496 e. The topological polar surface area (TPSA) is 47.9 Å². The molecule has 0 unspecified atom stereocenters. The molecule has 27 heavy (non-hydrogen) atoms. The molecule has 4 rings (SSSR count). The normalized spacial score (nSPS) is 12.7. The molecule has 0 amide bonds. The van der Waals surface area contributed by atoms with Gasteiger partial charge in [-0.1, -0.05) is 36.4 Å². The highest BCUT2D eigenvalue weighted by Crippen LogP contribution is 2.38. The van der Waals surface area contributed by atoms with Crippen LogP contribution in [-0.2, 0) is 6.61 Å². The lowest BCUT2D eigenvalue weighted by molar-refractivity contribution is 0.171. The van der Waals surface area contributed by atoms with E-state index < -0.39 is 0 Å². The Kier molecular flexibility index (Phi) is 4.73. The Morgan fingerprint density at radius 1 is 0.889 bits per heavy atom. The maximum Gasteiger partial charge on any atom is 0.161 e. The summed E-state index contributed by atoms with van der Waals surface area (Å²) in [6.07, 6.45) is 0. The second kappa shape index (κ2) is 7.33. The van der Waals surface area contributed by atoms with E-state index in [4.69, 9.17) is 14.2 Å². The Bertz CT molecular complexity index is 920. The number of ether oxygens (including phenoxy) is 3. The van der Waals surface area contributed by atoms with Gasteiger partial charge in [0.2, 0.25) is 0 Å². The number of aliphatic hydroxyl groups excluding tert-OH is 1. The predicted molar refractivity (Wildman–Crippen MR) is 106 cm³/mol. The van der Waals surface area contributed by atoms with Gasteiger partial charge in [-0.3, -0.25) is 0 Å². The van der Waals surface area contributed by atoms with Crippen LogP contribution in [-0.4, -0.2) is 25.4 Å². The van der Waals surface area contributed by atoms with Gasteiger partial charge in [0.25, 0.3) is 0 Å². The second-order valence-corrected chi connectivity index (χ2v) is 6.52. The van der Waals surface area contributed by atoms with Crippen molar-refractivity contribution in [3.8, 4) is 39.5 Å². The molecule has 0 saturated carbocycles. The lowest BCUT2D eigenvalue weighted by Crippen LogP contribution is -2.15. The average Bonchev–Trinajstić information content (AvgIpc) is 2.73. The smallest absolute Gasteiger partial charge is 0.161 e. The number of hydrogen-bond donors (Lipinski definition) is 1. The van der Waals surface area contributed by atoms with E-state index in [1.165, 1.54) is 5.56 Å². The van der Waals surface area contributed by atoms with Crippen molar-refractivity contribution in [2.75, 3.05) is 20.3 Å². The van der Waals surface area contributed by atoms with Crippen LogP contribution in [0, 0.1) is 6.92 Å². The van der Waals surface area contributed by atoms with E-state index in [1.54, 1.807) is 7.11 Å². The molecule has 0 aromatic heterocycles. The van der Waals surface area contributed by atoms with Gasteiger partial charge in [0.15, 0.2) is 11.5 Å². The molecule has 0 spiro atoms. The number of rotatable bonds is 4. The Hall–Kier alpha value is -2.98. The molecule has 0 aliphatic carbocycles. The third-order valence-corrected chi connectivity index (χ3v) is 4.96. The van der Waals surface area contributed by atoms with E-state index in [0.717, 1.165) is 39.3 Å². The zero-order chi connectivity index (χ0) is 18.8. The van der Waals surface area contributed by atoms with E-state index >= 15 is 0 Å². The lowest BCUT2D eigenvalue weighted by Gasteiger charge is -2.20. The number of benzene rings is 3. The van der Waals surface area contributed by atoms with Gasteiger partial charge >= 0.3 is 0 Å². The average molecular weight is 362 g/mol. The first kappa shape index (κ1) is 17.4. The van der Waals surface area contributed by atoms with Crippen LogP contribution in [0.2, 0.25) is 0 Å². The predicted octanol–water partition coefficient (Wildman–Crippen LogP) is 4.60. The first-order valence-corrected chi connectivity index (χ1v) is 8.99. The maximum absolute atomic E-state index is 9.45. The Labute approximate surface area is 158 Å². The van der Waals surface area contributed by atoms with Crippen molar-refractivity contribution >= 4 is 0 Å². The Morgan fingerprint density at radius 3 is 2.26 bits per heavy atom. The molecule has 4 nitrogen and oxygen atoms in total.